The lowest BCUT2D eigenvalue weighted by Crippen LogP contribution is -2.16. The van der Waals surface area contributed by atoms with Crippen molar-refractivity contribution in [3.8, 4) is 11.5 Å². The SMILES string of the molecule is COc1cc(Cl)cc(CC(CN)c2ccc(C)c(C)c2)c1OC. The standard InChI is InChI=1S/C19H24ClNO2/c1-12-5-6-14(7-13(12)2)16(11-21)8-15-9-17(20)10-18(22-3)19(15)23-4/h5-7,9-10,16H,8,11,21H2,1-4H3. The summed E-state index contributed by atoms with van der Waals surface area (Å²) in [5, 5.41) is 0.633. The van der Waals surface area contributed by atoms with E-state index in [4.69, 9.17) is 26.8 Å². The summed E-state index contributed by atoms with van der Waals surface area (Å²) in [6.07, 6.45) is 0.749. The van der Waals surface area contributed by atoms with Crippen molar-refractivity contribution in [2.75, 3.05) is 20.8 Å². The Kier molecular flexibility index (Phi) is 5.91. The molecule has 0 fully saturated rings. The third-order valence-corrected chi connectivity index (χ3v) is 4.49. The zero-order chi connectivity index (χ0) is 17.0. The molecular formula is C19H24ClNO2. The van der Waals surface area contributed by atoms with E-state index in [1.165, 1.54) is 16.7 Å². The van der Waals surface area contributed by atoms with Gasteiger partial charge >= 0.3 is 0 Å². The van der Waals surface area contributed by atoms with Crippen molar-refractivity contribution in [2.24, 2.45) is 5.73 Å². The van der Waals surface area contributed by atoms with E-state index < -0.39 is 0 Å². The number of benzene rings is 2. The van der Waals surface area contributed by atoms with Gasteiger partial charge in [0.15, 0.2) is 11.5 Å². The van der Waals surface area contributed by atoms with Crippen LogP contribution in [-0.2, 0) is 6.42 Å². The van der Waals surface area contributed by atoms with Crippen LogP contribution in [0.2, 0.25) is 5.02 Å². The highest BCUT2D eigenvalue weighted by Crippen LogP contribution is 2.37. The lowest BCUT2D eigenvalue weighted by atomic mass is 9.89. The van der Waals surface area contributed by atoms with Gasteiger partial charge in [0.1, 0.15) is 0 Å². The molecule has 0 saturated carbocycles. The second kappa shape index (κ2) is 7.71. The number of hydrogen-bond donors (Lipinski definition) is 1. The van der Waals surface area contributed by atoms with E-state index in [2.05, 4.69) is 32.0 Å². The first-order valence-corrected chi connectivity index (χ1v) is 8.05. The fourth-order valence-electron chi connectivity index (χ4n) is 2.78. The number of methoxy groups -OCH3 is 2. The zero-order valence-electron chi connectivity index (χ0n) is 14.2. The summed E-state index contributed by atoms with van der Waals surface area (Å²) in [4.78, 5) is 0. The van der Waals surface area contributed by atoms with Gasteiger partial charge in [0.2, 0.25) is 0 Å². The van der Waals surface area contributed by atoms with Crippen molar-refractivity contribution >= 4 is 11.6 Å². The van der Waals surface area contributed by atoms with Gasteiger partial charge < -0.3 is 15.2 Å². The Labute approximate surface area is 143 Å². The highest BCUT2D eigenvalue weighted by Gasteiger charge is 2.18. The molecule has 0 aliphatic heterocycles. The van der Waals surface area contributed by atoms with Gasteiger partial charge in [-0.25, -0.2) is 0 Å². The molecule has 3 nitrogen and oxygen atoms in total. The van der Waals surface area contributed by atoms with Crippen LogP contribution >= 0.6 is 11.6 Å². The highest BCUT2D eigenvalue weighted by molar-refractivity contribution is 6.30. The monoisotopic (exact) mass is 333 g/mol. The van der Waals surface area contributed by atoms with Crippen molar-refractivity contribution in [2.45, 2.75) is 26.2 Å². The summed E-state index contributed by atoms with van der Waals surface area (Å²) in [6.45, 7) is 4.79. The quantitative estimate of drug-likeness (QED) is 0.859. The predicted molar refractivity (Wildman–Crippen MR) is 96.0 cm³/mol. The lowest BCUT2D eigenvalue weighted by Gasteiger charge is -2.20. The fourth-order valence-corrected chi connectivity index (χ4v) is 3.01. The molecule has 23 heavy (non-hydrogen) atoms. The van der Waals surface area contributed by atoms with Crippen LogP contribution in [0.5, 0.6) is 11.5 Å². The molecule has 0 radical (unpaired) electrons. The molecular weight excluding hydrogens is 310 g/mol. The maximum absolute atomic E-state index is 6.21. The predicted octanol–water partition coefficient (Wildman–Crippen LogP) is 4.26. The third kappa shape index (κ3) is 3.98. The Balaban J connectivity index is 2.38. The van der Waals surface area contributed by atoms with Crippen molar-refractivity contribution < 1.29 is 9.47 Å². The van der Waals surface area contributed by atoms with Crippen molar-refractivity contribution in [3.05, 3.63) is 57.6 Å². The largest absolute Gasteiger partial charge is 0.493 e. The van der Waals surface area contributed by atoms with Crippen LogP contribution in [0.4, 0.5) is 0 Å². The second-order valence-corrected chi connectivity index (χ2v) is 6.22. The number of hydrogen-bond acceptors (Lipinski definition) is 3. The van der Waals surface area contributed by atoms with Gasteiger partial charge in [0.25, 0.3) is 0 Å². The molecule has 0 saturated heterocycles. The van der Waals surface area contributed by atoms with Crippen LogP contribution in [0, 0.1) is 13.8 Å². The summed E-state index contributed by atoms with van der Waals surface area (Å²) in [6, 6.07) is 10.2. The smallest absolute Gasteiger partial charge is 0.164 e. The number of aryl methyl sites for hydroxylation is 2. The third-order valence-electron chi connectivity index (χ3n) is 4.27. The molecule has 2 N–H and O–H groups in total. The first kappa shape index (κ1) is 17.6. The molecule has 0 bridgehead atoms. The van der Waals surface area contributed by atoms with E-state index in [1.54, 1.807) is 20.3 Å². The Morgan fingerprint density at radius 3 is 2.35 bits per heavy atom. The van der Waals surface area contributed by atoms with Gasteiger partial charge in [-0.1, -0.05) is 29.8 Å². The summed E-state index contributed by atoms with van der Waals surface area (Å²) in [7, 11) is 3.25. The molecule has 0 aliphatic carbocycles. The van der Waals surface area contributed by atoms with E-state index in [0.29, 0.717) is 17.3 Å². The van der Waals surface area contributed by atoms with Crippen LogP contribution in [0.15, 0.2) is 30.3 Å². The van der Waals surface area contributed by atoms with Crippen LogP contribution in [0.1, 0.15) is 28.2 Å². The first-order valence-electron chi connectivity index (χ1n) is 7.67. The maximum atomic E-state index is 6.21. The molecule has 124 valence electrons. The molecule has 1 unspecified atom stereocenters. The van der Waals surface area contributed by atoms with Crippen LogP contribution in [0.25, 0.3) is 0 Å². The minimum atomic E-state index is 0.200. The number of ether oxygens (including phenoxy) is 2. The van der Waals surface area contributed by atoms with Crippen LogP contribution in [-0.4, -0.2) is 20.8 Å². The Hall–Kier alpha value is -1.71. The van der Waals surface area contributed by atoms with Gasteiger partial charge in [-0.15, -0.1) is 0 Å². The van der Waals surface area contributed by atoms with Gasteiger partial charge in [-0.3, -0.25) is 0 Å². The summed E-state index contributed by atoms with van der Waals surface area (Å²) >= 11 is 6.21. The molecule has 0 amide bonds. The number of nitrogens with two attached hydrogens (primary N) is 1. The Morgan fingerprint density at radius 2 is 1.78 bits per heavy atom. The molecule has 0 aromatic heterocycles. The van der Waals surface area contributed by atoms with E-state index in [9.17, 15) is 0 Å². The number of halogens is 1. The molecule has 4 heteroatoms. The van der Waals surface area contributed by atoms with E-state index >= 15 is 0 Å². The summed E-state index contributed by atoms with van der Waals surface area (Å²) < 4.78 is 10.9. The molecule has 0 heterocycles. The Morgan fingerprint density at radius 1 is 1.04 bits per heavy atom. The summed E-state index contributed by atoms with van der Waals surface area (Å²) in [5.74, 6) is 1.57. The minimum Gasteiger partial charge on any atom is -0.493 e. The molecule has 0 aliphatic rings. The van der Waals surface area contributed by atoms with E-state index in [1.807, 2.05) is 6.07 Å². The molecule has 0 spiro atoms. The van der Waals surface area contributed by atoms with E-state index in [-0.39, 0.29) is 5.92 Å². The van der Waals surface area contributed by atoms with E-state index in [0.717, 1.165) is 17.7 Å². The molecule has 1 atom stereocenters. The van der Waals surface area contributed by atoms with Gasteiger partial charge in [-0.05, 0) is 49.6 Å². The van der Waals surface area contributed by atoms with Crippen molar-refractivity contribution in [1.82, 2.24) is 0 Å². The average Bonchev–Trinajstić information content (AvgIpc) is 2.54. The first-order chi connectivity index (χ1) is 11.0. The van der Waals surface area contributed by atoms with Crippen LogP contribution in [0.3, 0.4) is 0 Å². The van der Waals surface area contributed by atoms with Crippen molar-refractivity contribution in [3.63, 3.8) is 0 Å². The Bertz CT molecular complexity index is 685. The van der Waals surface area contributed by atoms with Crippen LogP contribution < -0.4 is 15.2 Å². The second-order valence-electron chi connectivity index (χ2n) is 5.78. The molecule has 2 aromatic rings. The molecule has 2 aromatic carbocycles. The lowest BCUT2D eigenvalue weighted by molar-refractivity contribution is 0.351. The maximum Gasteiger partial charge on any atom is 0.164 e. The van der Waals surface area contributed by atoms with Gasteiger partial charge in [0, 0.05) is 22.6 Å². The fraction of sp³-hybridized carbons (Fsp3) is 0.368. The van der Waals surface area contributed by atoms with Gasteiger partial charge in [-0.2, -0.15) is 0 Å². The topological polar surface area (TPSA) is 44.5 Å². The zero-order valence-corrected chi connectivity index (χ0v) is 14.9. The minimum absolute atomic E-state index is 0.200. The van der Waals surface area contributed by atoms with Gasteiger partial charge in [0.05, 0.1) is 14.2 Å². The van der Waals surface area contributed by atoms with Crippen molar-refractivity contribution in [1.29, 1.82) is 0 Å². The normalized spacial score (nSPS) is 12.1. The highest BCUT2D eigenvalue weighted by atomic mass is 35.5. The summed E-state index contributed by atoms with van der Waals surface area (Å²) in [5.41, 5.74) is 10.8. The number of rotatable bonds is 6. The molecule has 2 rings (SSSR count). The average molecular weight is 334 g/mol.